The van der Waals surface area contributed by atoms with Gasteiger partial charge in [-0.2, -0.15) is 4.39 Å². The molecule has 0 saturated heterocycles. The van der Waals surface area contributed by atoms with E-state index in [-0.39, 0.29) is 6.07 Å². The summed E-state index contributed by atoms with van der Waals surface area (Å²) in [5.41, 5.74) is -2.71. The van der Waals surface area contributed by atoms with Crippen molar-refractivity contribution in [1.29, 1.82) is 0 Å². The number of halogens is 4. The molecule has 1 heterocycles. The predicted octanol–water partition coefficient (Wildman–Crippen LogP) is 2.00. The van der Waals surface area contributed by atoms with E-state index in [4.69, 9.17) is 5.11 Å². The summed E-state index contributed by atoms with van der Waals surface area (Å²) in [5.74, 6) is -4.98. The minimum absolute atomic E-state index is 0.105. The molecule has 0 aliphatic rings. The topological polar surface area (TPSA) is 50.2 Å². The zero-order valence-corrected chi connectivity index (χ0v) is 6.47. The molecular formula is C7H3F4NO2. The molecule has 3 nitrogen and oxygen atoms in total. The number of carboxylic acid groups (broad SMARTS) is 1. The fourth-order valence-corrected chi connectivity index (χ4v) is 0.865. The van der Waals surface area contributed by atoms with E-state index in [2.05, 4.69) is 4.98 Å². The van der Waals surface area contributed by atoms with Crippen molar-refractivity contribution in [2.24, 2.45) is 0 Å². The summed E-state index contributed by atoms with van der Waals surface area (Å²) in [6.07, 6.45) is -3.35. The van der Waals surface area contributed by atoms with Gasteiger partial charge in [-0.05, 0) is 0 Å². The van der Waals surface area contributed by atoms with Gasteiger partial charge in [-0.1, -0.05) is 0 Å². The first-order chi connectivity index (χ1) is 6.43. The van der Waals surface area contributed by atoms with E-state index >= 15 is 0 Å². The minimum Gasteiger partial charge on any atom is -0.476 e. The van der Waals surface area contributed by atoms with Crippen molar-refractivity contribution >= 4 is 5.97 Å². The molecule has 76 valence electrons. The van der Waals surface area contributed by atoms with Gasteiger partial charge < -0.3 is 5.11 Å². The standard InChI is InChI=1S/C7H3F4NO2/c8-2-1-3(9)12-5(7(13)14)4(2)6(10)11/h1,6H,(H,13,14). The number of hydrogen-bond donors (Lipinski definition) is 1. The highest BCUT2D eigenvalue weighted by atomic mass is 19.3. The van der Waals surface area contributed by atoms with Crippen molar-refractivity contribution in [3.8, 4) is 0 Å². The van der Waals surface area contributed by atoms with Crippen LogP contribution in [0, 0.1) is 11.8 Å². The number of nitrogens with zero attached hydrogens (tertiary/aromatic N) is 1. The molecule has 1 aromatic rings. The van der Waals surface area contributed by atoms with Crippen LogP contribution in [0.5, 0.6) is 0 Å². The van der Waals surface area contributed by atoms with Gasteiger partial charge in [0.2, 0.25) is 5.95 Å². The lowest BCUT2D eigenvalue weighted by atomic mass is 10.2. The van der Waals surface area contributed by atoms with Crippen LogP contribution in [0.25, 0.3) is 0 Å². The van der Waals surface area contributed by atoms with E-state index in [9.17, 15) is 22.4 Å². The molecule has 0 saturated carbocycles. The molecule has 14 heavy (non-hydrogen) atoms. The number of carbonyl (C=O) groups is 1. The number of carboxylic acids is 1. The molecule has 1 rings (SSSR count). The van der Waals surface area contributed by atoms with Gasteiger partial charge in [0.15, 0.2) is 5.69 Å². The van der Waals surface area contributed by atoms with Crippen LogP contribution in [0.4, 0.5) is 17.6 Å². The van der Waals surface area contributed by atoms with Crippen LogP contribution in [0.2, 0.25) is 0 Å². The van der Waals surface area contributed by atoms with Crippen LogP contribution < -0.4 is 0 Å². The van der Waals surface area contributed by atoms with Crippen LogP contribution in [0.3, 0.4) is 0 Å². The Labute approximate surface area is 75.0 Å². The summed E-state index contributed by atoms with van der Waals surface area (Å²) in [5, 5.41) is 8.33. The van der Waals surface area contributed by atoms with Crippen LogP contribution in [-0.2, 0) is 0 Å². The third kappa shape index (κ3) is 1.81. The number of pyridine rings is 1. The molecule has 0 bridgehead atoms. The first-order valence-electron chi connectivity index (χ1n) is 3.31. The zero-order valence-electron chi connectivity index (χ0n) is 6.47. The third-order valence-corrected chi connectivity index (χ3v) is 1.40. The molecule has 0 unspecified atom stereocenters. The van der Waals surface area contributed by atoms with E-state index in [1.165, 1.54) is 0 Å². The number of hydrogen-bond acceptors (Lipinski definition) is 2. The highest BCUT2D eigenvalue weighted by Crippen LogP contribution is 2.25. The quantitative estimate of drug-likeness (QED) is 0.598. The van der Waals surface area contributed by atoms with Gasteiger partial charge in [-0.3, -0.25) is 0 Å². The molecule has 0 aliphatic carbocycles. The average Bonchev–Trinajstić information content (AvgIpc) is 2.01. The number of alkyl halides is 2. The Kier molecular flexibility index (Phi) is 2.68. The van der Waals surface area contributed by atoms with E-state index in [1.54, 1.807) is 0 Å². The normalized spacial score (nSPS) is 10.6. The first kappa shape index (κ1) is 10.4. The summed E-state index contributed by atoms with van der Waals surface area (Å²) >= 11 is 0. The fourth-order valence-electron chi connectivity index (χ4n) is 0.865. The van der Waals surface area contributed by atoms with Gasteiger partial charge >= 0.3 is 5.97 Å². The number of rotatable bonds is 2. The lowest BCUT2D eigenvalue weighted by Gasteiger charge is -2.04. The smallest absolute Gasteiger partial charge is 0.355 e. The molecule has 0 atom stereocenters. The molecule has 0 aliphatic heterocycles. The van der Waals surface area contributed by atoms with Gasteiger partial charge in [0.05, 0.1) is 5.56 Å². The highest BCUT2D eigenvalue weighted by molar-refractivity contribution is 5.87. The Morgan fingerprint density at radius 1 is 1.43 bits per heavy atom. The summed E-state index contributed by atoms with van der Waals surface area (Å²) in [4.78, 5) is 13.0. The van der Waals surface area contributed by atoms with Crippen LogP contribution in [-0.4, -0.2) is 16.1 Å². The Morgan fingerprint density at radius 2 is 2.00 bits per heavy atom. The molecule has 0 radical (unpaired) electrons. The highest BCUT2D eigenvalue weighted by Gasteiger charge is 2.25. The second-order valence-electron chi connectivity index (χ2n) is 2.29. The number of aromatic nitrogens is 1. The van der Waals surface area contributed by atoms with Crippen molar-refractivity contribution in [1.82, 2.24) is 4.98 Å². The molecule has 0 fully saturated rings. The van der Waals surface area contributed by atoms with Gasteiger partial charge in [-0.15, -0.1) is 0 Å². The molecule has 1 aromatic heterocycles. The minimum atomic E-state index is -3.35. The van der Waals surface area contributed by atoms with E-state index < -0.39 is 35.4 Å². The van der Waals surface area contributed by atoms with Crippen molar-refractivity contribution in [2.75, 3.05) is 0 Å². The Bertz CT molecular complexity index is 380. The van der Waals surface area contributed by atoms with Crippen molar-refractivity contribution in [2.45, 2.75) is 6.43 Å². The molecule has 7 heteroatoms. The zero-order chi connectivity index (χ0) is 10.9. The van der Waals surface area contributed by atoms with Gasteiger partial charge in [0.25, 0.3) is 6.43 Å². The van der Waals surface area contributed by atoms with E-state index in [1.807, 2.05) is 0 Å². The maximum atomic E-state index is 12.7. The average molecular weight is 209 g/mol. The summed E-state index contributed by atoms with van der Waals surface area (Å²) in [6.45, 7) is 0. The Hall–Kier alpha value is -1.66. The molecule has 1 N–H and O–H groups in total. The summed E-state index contributed by atoms with van der Waals surface area (Å²) in [7, 11) is 0. The lowest BCUT2D eigenvalue weighted by molar-refractivity contribution is 0.0672. The third-order valence-electron chi connectivity index (χ3n) is 1.40. The molecule has 0 spiro atoms. The Morgan fingerprint density at radius 3 is 2.43 bits per heavy atom. The van der Waals surface area contributed by atoms with E-state index in [0.29, 0.717) is 0 Å². The predicted molar refractivity (Wildman–Crippen MR) is 36.1 cm³/mol. The monoisotopic (exact) mass is 209 g/mol. The molecule has 0 aromatic carbocycles. The second kappa shape index (κ2) is 3.60. The largest absolute Gasteiger partial charge is 0.476 e. The van der Waals surface area contributed by atoms with Crippen molar-refractivity contribution < 1.29 is 27.5 Å². The van der Waals surface area contributed by atoms with E-state index in [0.717, 1.165) is 0 Å². The number of aromatic carboxylic acids is 1. The van der Waals surface area contributed by atoms with Gasteiger partial charge in [0, 0.05) is 6.07 Å². The molecule has 0 amide bonds. The van der Waals surface area contributed by atoms with Gasteiger partial charge in [-0.25, -0.2) is 22.9 Å². The molecular weight excluding hydrogens is 206 g/mol. The Balaban J connectivity index is 3.44. The van der Waals surface area contributed by atoms with Crippen LogP contribution in [0.1, 0.15) is 22.5 Å². The maximum absolute atomic E-state index is 12.7. The SMILES string of the molecule is O=C(O)c1nc(F)cc(F)c1C(F)F. The summed E-state index contributed by atoms with van der Waals surface area (Å²) in [6, 6.07) is 0.105. The first-order valence-corrected chi connectivity index (χ1v) is 3.31. The fraction of sp³-hybridized carbons (Fsp3) is 0.143. The second-order valence-corrected chi connectivity index (χ2v) is 2.29. The lowest BCUT2D eigenvalue weighted by Crippen LogP contribution is -2.10. The van der Waals surface area contributed by atoms with Crippen molar-refractivity contribution in [3.05, 3.63) is 29.1 Å². The van der Waals surface area contributed by atoms with Crippen LogP contribution in [0.15, 0.2) is 6.07 Å². The van der Waals surface area contributed by atoms with Gasteiger partial charge in [0.1, 0.15) is 5.82 Å². The maximum Gasteiger partial charge on any atom is 0.355 e. The summed E-state index contributed by atoms with van der Waals surface area (Å²) < 4.78 is 49.3. The van der Waals surface area contributed by atoms with Crippen LogP contribution >= 0.6 is 0 Å². The van der Waals surface area contributed by atoms with Crippen molar-refractivity contribution in [3.63, 3.8) is 0 Å².